The second-order valence-corrected chi connectivity index (χ2v) is 5.85. The zero-order valence-corrected chi connectivity index (χ0v) is 14.3. The van der Waals surface area contributed by atoms with Crippen molar-refractivity contribution in [2.24, 2.45) is 0 Å². The lowest BCUT2D eigenvalue weighted by molar-refractivity contribution is -0.525. The maximum absolute atomic E-state index is 11.6. The van der Waals surface area contributed by atoms with Gasteiger partial charge in [-0.25, -0.2) is 0 Å². The summed E-state index contributed by atoms with van der Waals surface area (Å²) < 4.78 is 16.3. The van der Waals surface area contributed by atoms with E-state index in [-0.39, 0.29) is 17.6 Å². The molecule has 0 bridgehead atoms. The molecule has 6 nitrogen and oxygen atoms in total. The van der Waals surface area contributed by atoms with Crippen molar-refractivity contribution < 1.29 is 19.1 Å². The van der Waals surface area contributed by atoms with E-state index in [1.165, 1.54) is 0 Å². The maximum Gasteiger partial charge on any atom is 0.231 e. The topological polar surface area (TPSA) is 70.8 Å². The Morgan fingerprint density at radius 3 is 2.40 bits per heavy atom. The molecular weight excluding hydrogens is 322 g/mol. The summed E-state index contributed by atoms with van der Waals surface area (Å²) in [6.45, 7) is 4.52. The van der Waals surface area contributed by atoms with E-state index in [9.17, 15) is 10.1 Å². The molecule has 25 heavy (non-hydrogen) atoms. The lowest BCUT2D eigenvalue weighted by atomic mass is 9.84. The molecule has 1 aliphatic heterocycles. The summed E-state index contributed by atoms with van der Waals surface area (Å²) in [7, 11) is 0. The Labute approximate surface area is 146 Å². The van der Waals surface area contributed by atoms with Crippen molar-refractivity contribution in [3.05, 3.63) is 63.7 Å². The number of hydrogen-bond donors (Lipinski definition) is 0. The fourth-order valence-electron chi connectivity index (χ4n) is 3.19. The van der Waals surface area contributed by atoms with Gasteiger partial charge in [0, 0.05) is 11.3 Å². The highest BCUT2D eigenvalue weighted by Gasteiger charge is 2.33. The number of nitrogens with zero attached hydrogens (tertiary/aromatic N) is 1. The van der Waals surface area contributed by atoms with Gasteiger partial charge < -0.3 is 14.2 Å². The summed E-state index contributed by atoms with van der Waals surface area (Å²) in [5.74, 6) is 1.69. The molecule has 1 aliphatic rings. The van der Waals surface area contributed by atoms with Crippen LogP contribution in [0.3, 0.4) is 0 Å². The largest absolute Gasteiger partial charge is 0.494 e. The van der Waals surface area contributed by atoms with E-state index in [1.54, 1.807) is 0 Å². The van der Waals surface area contributed by atoms with E-state index in [2.05, 4.69) is 0 Å². The van der Waals surface area contributed by atoms with Crippen LogP contribution in [0.2, 0.25) is 0 Å². The van der Waals surface area contributed by atoms with Gasteiger partial charge in [-0.15, -0.1) is 0 Å². The molecule has 0 fully saturated rings. The molecule has 6 heteroatoms. The zero-order valence-electron chi connectivity index (χ0n) is 14.3. The molecule has 0 spiro atoms. The first-order chi connectivity index (χ1) is 12.1. The van der Waals surface area contributed by atoms with Crippen LogP contribution in [0.5, 0.6) is 17.2 Å². The van der Waals surface area contributed by atoms with Crippen LogP contribution in [0.15, 0.2) is 42.5 Å². The lowest BCUT2D eigenvalue weighted by Gasteiger charge is -2.21. The summed E-state index contributed by atoms with van der Waals surface area (Å²) >= 11 is 0. The van der Waals surface area contributed by atoms with Crippen LogP contribution in [0.25, 0.3) is 0 Å². The van der Waals surface area contributed by atoms with Crippen LogP contribution in [0, 0.1) is 10.1 Å². The lowest BCUT2D eigenvalue weighted by Crippen LogP contribution is -2.27. The molecule has 0 amide bonds. The standard InChI is InChI=1S/C19H21NO5/c1-3-16(20(21)22)19(13-5-8-15(9-6-13)23-4-2)14-7-10-17-18(11-14)25-12-24-17/h5-11,16,19H,3-4,12H2,1-2H3. The maximum atomic E-state index is 11.6. The summed E-state index contributed by atoms with van der Waals surface area (Å²) in [6, 6.07) is 12.3. The fraction of sp³-hybridized carbons (Fsp3) is 0.368. The molecule has 0 N–H and O–H groups in total. The second-order valence-electron chi connectivity index (χ2n) is 5.85. The highest BCUT2D eigenvalue weighted by Crippen LogP contribution is 2.39. The first-order valence-corrected chi connectivity index (χ1v) is 8.39. The molecule has 0 saturated heterocycles. The smallest absolute Gasteiger partial charge is 0.231 e. The Bertz CT molecular complexity index is 744. The number of rotatable bonds is 7. The van der Waals surface area contributed by atoms with Crippen LogP contribution in [-0.4, -0.2) is 24.4 Å². The molecule has 132 valence electrons. The molecule has 1 heterocycles. The SMILES string of the molecule is CCOc1ccc(C(c2ccc3c(c2)OCO3)C(CC)[N+](=O)[O-])cc1. The Balaban J connectivity index is 2.01. The minimum absolute atomic E-state index is 0.180. The minimum Gasteiger partial charge on any atom is -0.494 e. The van der Waals surface area contributed by atoms with Gasteiger partial charge in [0.15, 0.2) is 11.5 Å². The van der Waals surface area contributed by atoms with Gasteiger partial charge in [0.1, 0.15) is 5.75 Å². The van der Waals surface area contributed by atoms with Gasteiger partial charge in [0.2, 0.25) is 12.8 Å². The van der Waals surface area contributed by atoms with Crippen LogP contribution in [0.4, 0.5) is 0 Å². The average molecular weight is 343 g/mol. The Morgan fingerprint density at radius 1 is 1.08 bits per heavy atom. The van der Waals surface area contributed by atoms with Crippen molar-refractivity contribution in [2.75, 3.05) is 13.4 Å². The van der Waals surface area contributed by atoms with Crippen molar-refractivity contribution in [2.45, 2.75) is 32.2 Å². The molecule has 2 unspecified atom stereocenters. The number of benzene rings is 2. The van der Waals surface area contributed by atoms with E-state index in [0.29, 0.717) is 24.5 Å². The summed E-state index contributed by atoms with van der Waals surface area (Å²) in [5.41, 5.74) is 1.72. The van der Waals surface area contributed by atoms with Gasteiger partial charge in [-0.3, -0.25) is 10.1 Å². The molecule has 3 rings (SSSR count). The third-order valence-electron chi connectivity index (χ3n) is 4.38. The van der Waals surface area contributed by atoms with Gasteiger partial charge in [0.25, 0.3) is 0 Å². The monoisotopic (exact) mass is 343 g/mol. The minimum atomic E-state index is -0.724. The average Bonchev–Trinajstić information content (AvgIpc) is 3.08. The molecule has 0 saturated carbocycles. The normalized spacial score (nSPS) is 14.8. The third kappa shape index (κ3) is 3.52. The second kappa shape index (κ2) is 7.42. The number of fused-ring (bicyclic) bond motifs is 1. The predicted molar refractivity (Wildman–Crippen MR) is 93.1 cm³/mol. The fourth-order valence-corrected chi connectivity index (χ4v) is 3.19. The number of ether oxygens (including phenoxy) is 3. The number of hydrogen-bond acceptors (Lipinski definition) is 5. The zero-order chi connectivity index (χ0) is 17.8. The quantitative estimate of drug-likeness (QED) is 0.561. The van der Waals surface area contributed by atoms with Crippen molar-refractivity contribution in [3.8, 4) is 17.2 Å². The van der Waals surface area contributed by atoms with Gasteiger partial charge in [-0.2, -0.15) is 0 Å². The summed E-state index contributed by atoms with van der Waals surface area (Å²) in [4.78, 5) is 11.4. The molecule has 0 radical (unpaired) electrons. The van der Waals surface area contributed by atoms with E-state index in [0.717, 1.165) is 16.9 Å². The van der Waals surface area contributed by atoms with Gasteiger partial charge >= 0.3 is 0 Å². The third-order valence-corrected chi connectivity index (χ3v) is 4.38. The highest BCUT2D eigenvalue weighted by molar-refractivity contribution is 5.48. The van der Waals surface area contributed by atoms with Gasteiger partial charge in [-0.05, 0) is 42.3 Å². The molecule has 0 aliphatic carbocycles. The van der Waals surface area contributed by atoms with Crippen LogP contribution >= 0.6 is 0 Å². The molecular formula is C19H21NO5. The Kier molecular flexibility index (Phi) is 5.07. The molecule has 2 aromatic carbocycles. The van der Waals surface area contributed by atoms with E-state index in [1.807, 2.05) is 56.3 Å². The first kappa shape index (κ1) is 17.1. The van der Waals surface area contributed by atoms with Crippen molar-refractivity contribution in [3.63, 3.8) is 0 Å². The predicted octanol–water partition coefficient (Wildman–Crippen LogP) is 4.00. The highest BCUT2D eigenvalue weighted by atomic mass is 16.7. The van der Waals surface area contributed by atoms with Crippen LogP contribution in [0.1, 0.15) is 37.3 Å². The molecule has 2 atom stereocenters. The van der Waals surface area contributed by atoms with Crippen molar-refractivity contribution >= 4 is 0 Å². The Morgan fingerprint density at radius 2 is 1.76 bits per heavy atom. The number of nitro groups is 1. The van der Waals surface area contributed by atoms with Crippen molar-refractivity contribution in [1.82, 2.24) is 0 Å². The van der Waals surface area contributed by atoms with Crippen LogP contribution in [-0.2, 0) is 0 Å². The molecule has 0 aromatic heterocycles. The molecule has 2 aromatic rings. The van der Waals surface area contributed by atoms with E-state index >= 15 is 0 Å². The summed E-state index contributed by atoms with van der Waals surface area (Å²) in [6.07, 6.45) is 0.430. The van der Waals surface area contributed by atoms with E-state index in [4.69, 9.17) is 14.2 Å². The van der Waals surface area contributed by atoms with E-state index < -0.39 is 6.04 Å². The van der Waals surface area contributed by atoms with Crippen molar-refractivity contribution in [1.29, 1.82) is 0 Å². The van der Waals surface area contributed by atoms with Gasteiger partial charge in [0.05, 0.1) is 12.5 Å². The first-order valence-electron chi connectivity index (χ1n) is 8.39. The van der Waals surface area contributed by atoms with Crippen LogP contribution < -0.4 is 14.2 Å². The summed E-state index contributed by atoms with van der Waals surface area (Å²) in [5, 5.41) is 11.6. The Hall–Kier alpha value is -2.76. The van der Waals surface area contributed by atoms with Gasteiger partial charge in [-0.1, -0.05) is 25.1 Å².